The van der Waals surface area contributed by atoms with Gasteiger partial charge in [0, 0.05) is 12.5 Å². The zero-order valence-electron chi connectivity index (χ0n) is 10.9. The van der Waals surface area contributed by atoms with Gasteiger partial charge in [0.25, 0.3) is 0 Å². The second kappa shape index (κ2) is 5.35. The van der Waals surface area contributed by atoms with Gasteiger partial charge in [0.1, 0.15) is 0 Å². The van der Waals surface area contributed by atoms with Crippen LogP contribution in [0.4, 0.5) is 0 Å². The van der Waals surface area contributed by atoms with Crippen LogP contribution in [0.1, 0.15) is 32.6 Å². The van der Waals surface area contributed by atoms with Gasteiger partial charge in [0.15, 0.2) is 0 Å². The van der Waals surface area contributed by atoms with E-state index in [1.807, 2.05) is 6.92 Å². The number of halogens is 1. The zero-order chi connectivity index (χ0) is 11.9. The molecule has 18 heavy (non-hydrogen) atoms. The van der Waals surface area contributed by atoms with Crippen molar-refractivity contribution < 1.29 is 9.53 Å². The lowest BCUT2D eigenvalue weighted by Crippen LogP contribution is -2.41. The van der Waals surface area contributed by atoms with Crippen LogP contribution in [-0.4, -0.2) is 37.7 Å². The van der Waals surface area contributed by atoms with Crippen molar-refractivity contribution in [3.05, 3.63) is 0 Å². The van der Waals surface area contributed by atoms with Gasteiger partial charge in [-0.05, 0) is 51.1 Å². The van der Waals surface area contributed by atoms with E-state index < -0.39 is 0 Å². The number of ether oxygens (including phenoxy) is 1. The summed E-state index contributed by atoms with van der Waals surface area (Å²) in [6, 6.07) is 0.238. The lowest BCUT2D eigenvalue weighted by Gasteiger charge is -2.24. The molecule has 2 aliphatic heterocycles. The van der Waals surface area contributed by atoms with Crippen molar-refractivity contribution in [3.8, 4) is 0 Å². The van der Waals surface area contributed by atoms with Crippen molar-refractivity contribution in [2.24, 2.45) is 11.3 Å². The Morgan fingerprint density at radius 2 is 2.11 bits per heavy atom. The maximum Gasteiger partial charge on any atom is 0.224 e. The summed E-state index contributed by atoms with van der Waals surface area (Å²) in [6.07, 6.45) is 4.59. The van der Waals surface area contributed by atoms with E-state index in [4.69, 9.17) is 4.74 Å². The highest BCUT2D eigenvalue weighted by Gasteiger charge is 2.57. The summed E-state index contributed by atoms with van der Waals surface area (Å²) >= 11 is 0. The molecule has 0 aromatic heterocycles. The predicted octanol–water partition coefficient (Wildman–Crippen LogP) is 1.09. The van der Waals surface area contributed by atoms with Crippen LogP contribution in [-0.2, 0) is 9.53 Å². The number of carbonyl (C=O) groups is 1. The third-order valence-electron chi connectivity index (χ3n) is 4.81. The number of hydrogen-bond acceptors (Lipinski definition) is 3. The van der Waals surface area contributed by atoms with E-state index in [1.54, 1.807) is 0 Å². The third-order valence-corrected chi connectivity index (χ3v) is 4.81. The first-order valence-electron chi connectivity index (χ1n) is 6.84. The molecule has 1 saturated carbocycles. The topological polar surface area (TPSA) is 50.4 Å². The lowest BCUT2D eigenvalue weighted by molar-refractivity contribution is -0.124. The van der Waals surface area contributed by atoms with E-state index in [-0.39, 0.29) is 36.4 Å². The number of amides is 1. The minimum Gasteiger partial charge on any atom is -0.376 e. The van der Waals surface area contributed by atoms with Crippen molar-refractivity contribution >= 4 is 18.3 Å². The highest BCUT2D eigenvalue weighted by Crippen LogP contribution is 2.58. The Balaban J connectivity index is 0.00000120. The first-order valence-corrected chi connectivity index (χ1v) is 6.84. The van der Waals surface area contributed by atoms with Crippen molar-refractivity contribution in [2.75, 3.05) is 19.7 Å². The van der Waals surface area contributed by atoms with E-state index in [0.29, 0.717) is 5.41 Å². The van der Waals surface area contributed by atoms with E-state index in [9.17, 15) is 4.79 Å². The van der Waals surface area contributed by atoms with Gasteiger partial charge in [0.2, 0.25) is 5.91 Å². The average Bonchev–Trinajstić information content (AvgIpc) is 2.87. The largest absolute Gasteiger partial charge is 0.376 e. The second-order valence-electron chi connectivity index (χ2n) is 5.85. The number of nitrogens with one attached hydrogen (secondary N) is 2. The van der Waals surface area contributed by atoms with Gasteiger partial charge < -0.3 is 15.4 Å². The fourth-order valence-electron chi connectivity index (χ4n) is 3.40. The maximum absolute atomic E-state index is 12.2. The molecule has 2 saturated heterocycles. The Bertz CT molecular complexity index is 318. The summed E-state index contributed by atoms with van der Waals surface area (Å²) in [5.74, 6) is 0.548. The molecular weight excluding hydrogens is 252 g/mol. The molecule has 0 radical (unpaired) electrons. The van der Waals surface area contributed by atoms with E-state index in [0.717, 1.165) is 32.5 Å². The molecule has 3 atom stereocenters. The Hall–Kier alpha value is -0.320. The predicted molar refractivity (Wildman–Crippen MR) is 71.9 cm³/mol. The molecule has 4 nitrogen and oxygen atoms in total. The summed E-state index contributed by atoms with van der Waals surface area (Å²) in [4.78, 5) is 12.2. The standard InChI is InChI=1S/C13H22N2O2.ClH/c1-9-11(2-7-17-9)15-12(16)10-8-13(10)3-5-14-6-4-13;/h9-11,14H,2-8H2,1H3,(H,15,16);1H. The monoisotopic (exact) mass is 274 g/mol. The molecule has 3 rings (SSSR count). The molecular formula is C13H23ClN2O2. The molecule has 1 aliphatic carbocycles. The molecule has 5 heteroatoms. The molecule has 3 unspecified atom stereocenters. The highest BCUT2D eigenvalue weighted by atomic mass is 35.5. The van der Waals surface area contributed by atoms with E-state index in [2.05, 4.69) is 10.6 Å². The number of rotatable bonds is 2. The summed E-state index contributed by atoms with van der Waals surface area (Å²) in [7, 11) is 0. The minimum atomic E-state index is 0. The normalized spacial score (nSPS) is 37.1. The molecule has 0 bridgehead atoms. The Morgan fingerprint density at radius 1 is 1.39 bits per heavy atom. The fourth-order valence-corrected chi connectivity index (χ4v) is 3.40. The Kier molecular flexibility index (Phi) is 4.19. The Morgan fingerprint density at radius 3 is 2.72 bits per heavy atom. The molecule has 2 N–H and O–H groups in total. The van der Waals surface area contributed by atoms with Crippen molar-refractivity contribution in [1.82, 2.24) is 10.6 Å². The van der Waals surface area contributed by atoms with Crippen LogP contribution in [0.15, 0.2) is 0 Å². The molecule has 1 spiro atoms. The highest BCUT2D eigenvalue weighted by molar-refractivity contribution is 5.85. The first kappa shape index (κ1) is 14.1. The Labute approximate surface area is 115 Å². The molecule has 3 aliphatic rings. The summed E-state index contributed by atoms with van der Waals surface area (Å²) in [6.45, 7) is 4.98. The van der Waals surface area contributed by atoms with Crippen LogP contribution < -0.4 is 10.6 Å². The number of piperidine rings is 1. The molecule has 0 aromatic carbocycles. The van der Waals surface area contributed by atoms with Gasteiger partial charge in [-0.1, -0.05) is 0 Å². The van der Waals surface area contributed by atoms with Crippen molar-refractivity contribution in [2.45, 2.75) is 44.8 Å². The lowest BCUT2D eigenvalue weighted by atomic mass is 9.91. The minimum absolute atomic E-state index is 0. The van der Waals surface area contributed by atoms with Crippen LogP contribution in [0.5, 0.6) is 0 Å². The van der Waals surface area contributed by atoms with Crippen LogP contribution in [0.3, 0.4) is 0 Å². The van der Waals surface area contributed by atoms with Gasteiger partial charge in [-0.2, -0.15) is 0 Å². The van der Waals surface area contributed by atoms with Crippen LogP contribution >= 0.6 is 12.4 Å². The summed E-state index contributed by atoms with van der Waals surface area (Å²) < 4.78 is 5.48. The smallest absolute Gasteiger partial charge is 0.224 e. The van der Waals surface area contributed by atoms with Gasteiger partial charge >= 0.3 is 0 Å². The SMILES string of the molecule is CC1OCCC1NC(=O)C1CC12CCNCC2.Cl. The van der Waals surface area contributed by atoms with Gasteiger partial charge in [0.05, 0.1) is 12.1 Å². The third kappa shape index (κ3) is 2.51. The molecule has 104 valence electrons. The number of hydrogen-bond donors (Lipinski definition) is 2. The fraction of sp³-hybridized carbons (Fsp3) is 0.923. The molecule has 0 aromatic rings. The van der Waals surface area contributed by atoms with Crippen molar-refractivity contribution in [1.29, 1.82) is 0 Å². The quantitative estimate of drug-likeness (QED) is 0.793. The van der Waals surface area contributed by atoms with Gasteiger partial charge in [-0.25, -0.2) is 0 Å². The van der Waals surface area contributed by atoms with Crippen LogP contribution in [0.25, 0.3) is 0 Å². The molecule has 2 heterocycles. The van der Waals surface area contributed by atoms with Gasteiger partial charge in [-0.3, -0.25) is 4.79 Å². The van der Waals surface area contributed by atoms with Crippen LogP contribution in [0.2, 0.25) is 0 Å². The second-order valence-corrected chi connectivity index (χ2v) is 5.85. The zero-order valence-corrected chi connectivity index (χ0v) is 11.7. The maximum atomic E-state index is 12.2. The average molecular weight is 275 g/mol. The number of carbonyl (C=O) groups excluding carboxylic acids is 1. The van der Waals surface area contributed by atoms with Crippen LogP contribution in [0, 0.1) is 11.3 Å². The summed E-state index contributed by atoms with van der Waals surface area (Å²) in [5, 5.41) is 6.55. The summed E-state index contributed by atoms with van der Waals surface area (Å²) in [5.41, 5.74) is 0.345. The van der Waals surface area contributed by atoms with E-state index >= 15 is 0 Å². The van der Waals surface area contributed by atoms with Gasteiger partial charge in [-0.15, -0.1) is 12.4 Å². The first-order chi connectivity index (χ1) is 8.21. The van der Waals surface area contributed by atoms with Crippen molar-refractivity contribution in [3.63, 3.8) is 0 Å². The molecule has 1 amide bonds. The van der Waals surface area contributed by atoms with E-state index in [1.165, 1.54) is 12.8 Å². The molecule has 3 fully saturated rings.